The van der Waals surface area contributed by atoms with Gasteiger partial charge in [-0.3, -0.25) is 0 Å². The lowest BCUT2D eigenvalue weighted by atomic mass is 10.1. The first-order valence-corrected chi connectivity index (χ1v) is 8.61. The summed E-state index contributed by atoms with van der Waals surface area (Å²) in [6.45, 7) is 0.516. The fourth-order valence-corrected chi connectivity index (χ4v) is 2.84. The van der Waals surface area contributed by atoms with Crippen molar-refractivity contribution in [2.24, 2.45) is 7.05 Å². The highest BCUT2D eigenvalue weighted by atomic mass is 35.5. The van der Waals surface area contributed by atoms with Gasteiger partial charge in [0.05, 0.1) is 11.3 Å². The topological polar surface area (TPSA) is 71.2 Å². The maximum Gasteiger partial charge on any atom is 0.387 e. The van der Waals surface area contributed by atoms with Crippen molar-refractivity contribution in [2.75, 3.05) is 0 Å². The van der Waals surface area contributed by atoms with Crippen LogP contribution in [0.25, 0.3) is 5.69 Å². The zero-order chi connectivity index (χ0) is 20.4. The van der Waals surface area contributed by atoms with E-state index >= 15 is 0 Å². The molecule has 0 spiro atoms. The predicted octanol–water partition coefficient (Wildman–Crippen LogP) is 3.42. The van der Waals surface area contributed by atoms with Crippen LogP contribution in [0.2, 0.25) is 5.02 Å². The second-order valence-electron chi connectivity index (χ2n) is 6.08. The average Bonchev–Trinajstić information content (AvgIpc) is 2.96. The van der Waals surface area contributed by atoms with E-state index in [0.717, 1.165) is 20.5 Å². The van der Waals surface area contributed by atoms with E-state index in [9.17, 15) is 13.6 Å². The monoisotopic (exact) mass is 410 g/mol. The maximum atomic E-state index is 12.9. The molecule has 0 bridgehead atoms. The molecule has 0 fully saturated rings. The van der Waals surface area contributed by atoms with E-state index in [1.807, 2.05) is 19.9 Å². The Labute approximate surface area is 164 Å². The molecule has 2 aromatic carbocycles. The van der Waals surface area contributed by atoms with Crippen LogP contribution in [0, 0.1) is 13.8 Å². The second kappa shape index (κ2) is 7.97. The Morgan fingerprint density at radius 2 is 1.89 bits per heavy atom. The lowest BCUT2D eigenvalue weighted by Gasteiger charge is -2.16. The SMILES string of the molecule is Cc1cc(C)c(OCc2c(OC(F)F)cccc2-n2nnn(C)c2=O)cc1Cl. The van der Waals surface area contributed by atoms with Gasteiger partial charge in [-0.05, 0) is 53.6 Å². The molecule has 0 aliphatic heterocycles. The molecule has 7 nitrogen and oxygen atoms in total. The number of nitrogens with zero attached hydrogens (tertiary/aromatic N) is 4. The zero-order valence-electron chi connectivity index (χ0n) is 15.3. The Hall–Kier alpha value is -2.94. The third-order valence-corrected chi connectivity index (χ3v) is 4.51. The van der Waals surface area contributed by atoms with Gasteiger partial charge in [0.1, 0.15) is 18.1 Å². The first-order valence-electron chi connectivity index (χ1n) is 8.23. The Kier molecular flexibility index (Phi) is 5.64. The molecule has 3 aromatic rings. The number of aromatic nitrogens is 4. The number of rotatable bonds is 6. The van der Waals surface area contributed by atoms with Crippen LogP contribution >= 0.6 is 11.6 Å². The van der Waals surface area contributed by atoms with E-state index in [0.29, 0.717) is 10.8 Å². The molecule has 28 heavy (non-hydrogen) atoms. The van der Waals surface area contributed by atoms with Gasteiger partial charge in [0.2, 0.25) is 0 Å². The van der Waals surface area contributed by atoms with Crippen LogP contribution in [0.15, 0.2) is 35.1 Å². The van der Waals surface area contributed by atoms with Crippen molar-refractivity contribution in [1.29, 1.82) is 0 Å². The van der Waals surface area contributed by atoms with E-state index < -0.39 is 12.3 Å². The smallest absolute Gasteiger partial charge is 0.387 e. The summed E-state index contributed by atoms with van der Waals surface area (Å²) in [7, 11) is 1.43. The minimum atomic E-state index is -3.04. The molecule has 0 radical (unpaired) electrons. The van der Waals surface area contributed by atoms with Crippen LogP contribution in [-0.2, 0) is 13.7 Å². The van der Waals surface area contributed by atoms with Gasteiger partial charge in [0.15, 0.2) is 0 Å². The molecule has 0 aliphatic carbocycles. The summed E-state index contributed by atoms with van der Waals surface area (Å²) in [6, 6.07) is 7.89. The van der Waals surface area contributed by atoms with E-state index in [4.69, 9.17) is 16.3 Å². The van der Waals surface area contributed by atoms with Crippen LogP contribution in [0.5, 0.6) is 11.5 Å². The van der Waals surface area contributed by atoms with Gasteiger partial charge in [0, 0.05) is 12.1 Å². The van der Waals surface area contributed by atoms with Crippen molar-refractivity contribution >= 4 is 11.6 Å². The van der Waals surface area contributed by atoms with Crippen LogP contribution in [-0.4, -0.2) is 26.4 Å². The first-order chi connectivity index (χ1) is 13.3. The van der Waals surface area contributed by atoms with Crippen molar-refractivity contribution in [3.63, 3.8) is 0 Å². The number of hydrogen-bond acceptors (Lipinski definition) is 5. The van der Waals surface area contributed by atoms with Crippen molar-refractivity contribution in [3.8, 4) is 17.2 Å². The minimum absolute atomic E-state index is 0.124. The fourth-order valence-electron chi connectivity index (χ4n) is 2.68. The molecule has 1 aromatic heterocycles. The summed E-state index contributed by atoms with van der Waals surface area (Å²) in [5.41, 5.74) is 1.63. The third-order valence-electron chi connectivity index (χ3n) is 4.10. The van der Waals surface area contributed by atoms with Gasteiger partial charge >= 0.3 is 12.3 Å². The maximum absolute atomic E-state index is 12.9. The van der Waals surface area contributed by atoms with E-state index in [1.54, 1.807) is 12.1 Å². The van der Waals surface area contributed by atoms with Crippen molar-refractivity contribution in [2.45, 2.75) is 27.1 Å². The molecule has 0 saturated heterocycles. The van der Waals surface area contributed by atoms with Gasteiger partial charge in [0.25, 0.3) is 0 Å². The summed E-state index contributed by atoms with van der Waals surface area (Å²) < 4.78 is 38.2. The van der Waals surface area contributed by atoms with Gasteiger partial charge in [-0.25, -0.2) is 4.79 Å². The lowest BCUT2D eigenvalue weighted by Crippen LogP contribution is -2.23. The Balaban J connectivity index is 2.03. The van der Waals surface area contributed by atoms with Crippen LogP contribution in [0.1, 0.15) is 16.7 Å². The summed E-state index contributed by atoms with van der Waals surface area (Å²) in [6.07, 6.45) is 0. The molecule has 1 heterocycles. The highest BCUT2D eigenvalue weighted by Crippen LogP contribution is 2.30. The lowest BCUT2D eigenvalue weighted by molar-refractivity contribution is -0.0508. The quantitative estimate of drug-likeness (QED) is 0.622. The molecule has 10 heteroatoms. The number of aryl methyl sites for hydroxylation is 3. The molecular weight excluding hydrogens is 394 g/mol. The summed E-state index contributed by atoms with van der Waals surface area (Å²) in [5, 5.41) is 7.93. The largest absolute Gasteiger partial charge is 0.488 e. The summed E-state index contributed by atoms with van der Waals surface area (Å²) >= 11 is 6.15. The van der Waals surface area contributed by atoms with Gasteiger partial charge in [-0.1, -0.05) is 23.7 Å². The summed E-state index contributed by atoms with van der Waals surface area (Å²) in [4.78, 5) is 12.2. The summed E-state index contributed by atoms with van der Waals surface area (Å²) in [5.74, 6) is 0.362. The molecule has 0 N–H and O–H groups in total. The van der Waals surface area contributed by atoms with Gasteiger partial charge < -0.3 is 9.47 Å². The number of benzene rings is 2. The highest BCUT2D eigenvalue weighted by Gasteiger charge is 2.19. The van der Waals surface area contributed by atoms with Crippen molar-refractivity contribution < 1.29 is 18.3 Å². The second-order valence-corrected chi connectivity index (χ2v) is 6.49. The molecular formula is C18H17ClF2N4O3. The number of alkyl halides is 2. The van der Waals surface area contributed by atoms with E-state index in [-0.39, 0.29) is 23.6 Å². The van der Waals surface area contributed by atoms with Gasteiger partial charge in [-0.2, -0.15) is 18.1 Å². The normalized spacial score (nSPS) is 11.1. The molecule has 0 unspecified atom stereocenters. The minimum Gasteiger partial charge on any atom is -0.488 e. The fraction of sp³-hybridized carbons (Fsp3) is 0.278. The van der Waals surface area contributed by atoms with Crippen molar-refractivity contribution in [3.05, 3.63) is 62.5 Å². The van der Waals surface area contributed by atoms with Crippen LogP contribution in [0.3, 0.4) is 0 Å². The van der Waals surface area contributed by atoms with Crippen LogP contribution < -0.4 is 15.2 Å². The first kappa shape index (κ1) is 19.8. The molecule has 0 amide bonds. The Morgan fingerprint density at radius 3 is 2.54 bits per heavy atom. The van der Waals surface area contributed by atoms with Crippen molar-refractivity contribution in [1.82, 2.24) is 19.8 Å². The molecule has 0 atom stereocenters. The third kappa shape index (κ3) is 3.99. The highest BCUT2D eigenvalue weighted by molar-refractivity contribution is 6.31. The zero-order valence-corrected chi connectivity index (χ0v) is 16.1. The van der Waals surface area contributed by atoms with Gasteiger partial charge in [-0.15, -0.1) is 0 Å². The Bertz CT molecular complexity index is 1070. The number of halogens is 3. The molecule has 0 aliphatic rings. The molecule has 148 valence electrons. The average molecular weight is 411 g/mol. The van der Waals surface area contributed by atoms with E-state index in [2.05, 4.69) is 15.2 Å². The predicted molar refractivity (Wildman–Crippen MR) is 98.5 cm³/mol. The number of tetrazole rings is 1. The number of ether oxygens (including phenoxy) is 2. The molecule has 0 saturated carbocycles. The Morgan fingerprint density at radius 1 is 1.14 bits per heavy atom. The molecule has 3 rings (SSSR count). The van der Waals surface area contributed by atoms with E-state index in [1.165, 1.54) is 19.2 Å². The number of hydrogen-bond donors (Lipinski definition) is 0. The standard InChI is InChI=1S/C18H17ClF2N4O3/c1-10-7-11(2)16(8-13(10)19)27-9-12-14(25-18(26)24(3)22-23-25)5-4-6-15(12)28-17(20)21/h4-8,17H,9H2,1-3H3. The van der Waals surface area contributed by atoms with Crippen LogP contribution in [0.4, 0.5) is 8.78 Å².